The van der Waals surface area contributed by atoms with Gasteiger partial charge in [0.2, 0.25) is 10.0 Å². The van der Waals surface area contributed by atoms with Crippen LogP contribution in [0.3, 0.4) is 0 Å². The van der Waals surface area contributed by atoms with E-state index in [1.165, 1.54) is 4.31 Å². The fraction of sp³-hybridized carbons (Fsp3) is 0.455. The van der Waals surface area contributed by atoms with Crippen molar-refractivity contribution in [2.24, 2.45) is 0 Å². The van der Waals surface area contributed by atoms with Gasteiger partial charge in [-0.3, -0.25) is 0 Å². The molecule has 0 radical (unpaired) electrons. The van der Waals surface area contributed by atoms with Crippen LogP contribution < -0.4 is 0 Å². The van der Waals surface area contributed by atoms with Gasteiger partial charge in [-0.1, -0.05) is 0 Å². The maximum atomic E-state index is 13.1. The fourth-order valence-electron chi connectivity index (χ4n) is 1.72. The Hall–Kier alpha value is -0.720. The minimum Gasteiger partial charge on any atom is -0.207 e. The molecule has 0 saturated heterocycles. The number of benzene rings is 1. The van der Waals surface area contributed by atoms with Crippen molar-refractivity contribution in [3.8, 4) is 0 Å². The van der Waals surface area contributed by atoms with E-state index in [0.29, 0.717) is 6.07 Å². The lowest BCUT2D eigenvalue weighted by Crippen LogP contribution is -2.34. The highest BCUT2D eigenvalue weighted by Gasteiger charge is 2.37. The molecule has 0 aliphatic heterocycles. The van der Waals surface area contributed by atoms with E-state index in [4.69, 9.17) is 11.6 Å². The average molecular weight is 296 g/mol. The Morgan fingerprint density at radius 3 is 2.44 bits per heavy atom. The minimum atomic E-state index is -3.80. The minimum absolute atomic E-state index is 0.0677. The molecule has 7 heteroatoms. The molecule has 1 saturated carbocycles. The van der Waals surface area contributed by atoms with Crippen LogP contribution in [0.2, 0.25) is 0 Å². The van der Waals surface area contributed by atoms with Crippen molar-refractivity contribution in [3.05, 3.63) is 29.8 Å². The lowest BCUT2D eigenvalue weighted by Gasteiger charge is -2.20. The van der Waals surface area contributed by atoms with Gasteiger partial charge in [-0.2, -0.15) is 4.31 Å². The van der Waals surface area contributed by atoms with Crippen LogP contribution in [0, 0.1) is 11.6 Å². The Morgan fingerprint density at radius 2 is 1.94 bits per heavy atom. The van der Waals surface area contributed by atoms with Gasteiger partial charge in [-0.05, 0) is 31.0 Å². The molecule has 18 heavy (non-hydrogen) atoms. The Kier molecular flexibility index (Phi) is 3.89. The first kappa shape index (κ1) is 13.7. The smallest absolute Gasteiger partial charge is 0.207 e. The van der Waals surface area contributed by atoms with Gasteiger partial charge in [0.1, 0.15) is 0 Å². The predicted molar refractivity (Wildman–Crippen MR) is 64.0 cm³/mol. The molecule has 1 aliphatic carbocycles. The molecule has 0 aromatic heterocycles. The largest absolute Gasteiger partial charge is 0.243 e. The molecule has 1 aromatic carbocycles. The first-order valence-corrected chi connectivity index (χ1v) is 7.47. The molecule has 0 spiro atoms. The predicted octanol–water partition coefficient (Wildman–Crippen LogP) is 2.36. The highest BCUT2D eigenvalue weighted by Crippen LogP contribution is 2.32. The molecule has 0 heterocycles. The number of hydrogen-bond acceptors (Lipinski definition) is 2. The summed E-state index contributed by atoms with van der Waals surface area (Å²) in [7, 11) is -3.80. The topological polar surface area (TPSA) is 37.4 Å². The highest BCUT2D eigenvalue weighted by molar-refractivity contribution is 7.89. The van der Waals surface area contributed by atoms with Crippen molar-refractivity contribution in [2.75, 3.05) is 12.4 Å². The maximum Gasteiger partial charge on any atom is 0.243 e. The van der Waals surface area contributed by atoms with E-state index >= 15 is 0 Å². The van der Waals surface area contributed by atoms with E-state index in [1.54, 1.807) is 0 Å². The van der Waals surface area contributed by atoms with E-state index in [0.717, 1.165) is 25.0 Å². The third kappa shape index (κ3) is 2.65. The van der Waals surface area contributed by atoms with Gasteiger partial charge in [-0.25, -0.2) is 17.2 Å². The van der Waals surface area contributed by atoms with Gasteiger partial charge in [0, 0.05) is 18.5 Å². The van der Waals surface area contributed by atoms with E-state index < -0.39 is 21.7 Å². The summed E-state index contributed by atoms with van der Waals surface area (Å²) < 4.78 is 51.6. The molecule has 3 nitrogen and oxygen atoms in total. The molecule has 0 amide bonds. The van der Waals surface area contributed by atoms with Crippen LogP contribution in [0.4, 0.5) is 8.78 Å². The molecule has 1 aromatic rings. The second-order valence-corrected chi connectivity index (χ2v) is 6.38. The van der Waals surface area contributed by atoms with Crippen molar-refractivity contribution in [1.82, 2.24) is 4.31 Å². The molecular formula is C11H12ClF2NO2S. The van der Waals surface area contributed by atoms with Crippen LogP contribution in [-0.2, 0) is 10.0 Å². The quantitative estimate of drug-likeness (QED) is 0.782. The third-order valence-corrected chi connectivity index (χ3v) is 4.87. The number of halogens is 3. The van der Waals surface area contributed by atoms with Gasteiger partial charge in [0.25, 0.3) is 0 Å². The Morgan fingerprint density at radius 1 is 1.28 bits per heavy atom. The van der Waals surface area contributed by atoms with Crippen molar-refractivity contribution < 1.29 is 17.2 Å². The molecule has 0 N–H and O–H groups in total. The van der Waals surface area contributed by atoms with Crippen LogP contribution in [0.1, 0.15) is 12.8 Å². The summed E-state index contributed by atoms with van der Waals surface area (Å²) in [6, 6.07) is 2.52. The zero-order valence-electron chi connectivity index (χ0n) is 9.44. The molecule has 0 atom stereocenters. The zero-order chi connectivity index (χ0) is 13.3. The van der Waals surface area contributed by atoms with Crippen molar-refractivity contribution >= 4 is 21.6 Å². The Bertz CT molecular complexity index is 546. The summed E-state index contributed by atoms with van der Waals surface area (Å²) in [6.45, 7) is 0.174. The van der Waals surface area contributed by atoms with Crippen LogP contribution >= 0.6 is 11.6 Å². The van der Waals surface area contributed by atoms with E-state index in [-0.39, 0.29) is 23.4 Å². The first-order valence-electron chi connectivity index (χ1n) is 5.49. The SMILES string of the molecule is O=S(=O)(c1ccc(F)c(F)c1)N(CCCl)C1CC1. The summed E-state index contributed by atoms with van der Waals surface area (Å²) in [5.41, 5.74) is 0. The molecule has 1 fully saturated rings. The number of nitrogens with zero attached hydrogens (tertiary/aromatic N) is 1. The van der Waals surface area contributed by atoms with Crippen LogP contribution in [0.5, 0.6) is 0 Å². The molecule has 2 rings (SSSR count). The average Bonchev–Trinajstić information content (AvgIpc) is 3.13. The second-order valence-electron chi connectivity index (χ2n) is 4.11. The van der Waals surface area contributed by atoms with Crippen molar-refractivity contribution in [1.29, 1.82) is 0 Å². The van der Waals surface area contributed by atoms with E-state index in [1.807, 2.05) is 0 Å². The van der Waals surface area contributed by atoms with Gasteiger partial charge in [0.05, 0.1) is 4.90 Å². The van der Waals surface area contributed by atoms with Crippen LogP contribution in [0.15, 0.2) is 23.1 Å². The number of sulfonamides is 1. The fourth-order valence-corrected chi connectivity index (χ4v) is 3.70. The number of hydrogen-bond donors (Lipinski definition) is 0. The number of alkyl halides is 1. The summed E-state index contributed by atoms with van der Waals surface area (Å²) >= 11 is 5.58. The van der Waals surface area contributed by atoms with Crippen LogP contribution in [0.25, 0.3) is 0 Å². The normalized spacial score (nSPS) is 16.2. The Balaban J connectivity index is 2.36. The lowest BCUT2D eigenvalue weighted by molar-refractivity contribution is 0.421. The molecule has 0 bridgehead atoms. The Labute approximate surface area is 109 Å². The van der Waals surface area contributed by atoms with Gasteiger partial charge >= 0.3 is 0 Å². The van der Waals surface area contributed by atoms with Crippen LogP contribution in [-0.4, -0.2) is 31.2 Å². The number of rotatable bonds is 5. The summed E-state index contributed by atoms with van der Waals surface area (Å²) in [5, 5.41) is 0. The monoisotopic (exact) mass is 295 g/mol. The molecule has 100 valence electrons. The molecule has 1 aliphatic rings. The molecular weight excluding hydrogens is 284 g/mol. The van der Waals surface area contributed by atoms with Crippen molar-refractivity contribution in [2.45, 2.75) is 23.8 Å². The summed E-state index contributed by atoms with van der Waals surface area (Å²) in [4.78, 5) is -0.238. The highest BCUT2D eigenvalue weighted by atomic mass is 35.5. The summed E-state index contributed by atoms with van der Waals surface area (Å²) in [6.07, 6.45) is 1.56. The zero-order valence-corrected chi connectivity index (χ0v) is 11.0. The third-order valence-electron chi connectivity index (χ3n) is 2.76. The van der Waals surface area contributed by atoms with Gasteiger partial charge < -0.3 is 0 Å². The summed E-state index contributed by atoms with van der Waals surface area (Å²) in [5.74, 6) is -2.07. The van der Waals surface area contributed by atoms with E-state index in [2.05, 4.69) is 0 Å². The molecule has 0 unspecified atom stereocenters. The lowest BCUT2D eigenvalue weighted by atomic mass is 10.3. The maximum absolute atomic E-state index is 13.1. The van der Waals surface area contributed by atoms with Gasteiger partial charge in [-0.15, -0.1) is 11.6 Å². The standard InChI is InChI=1S/C11H12ClF2NO2S/c12-5-6-15(8-1-2-8)18(16,17)9-3-4-10(13)11(14)7-9/h3-4,7-8H,1-2,5-6H2. The second kappa shape index (κ2) is 5.11. The van der Waals surface area contributed by atoms with E-state index in [9.17, 15) is 17.2 Å². The first-order chi connectivity index (χ1) is 8.46. The van der Waals surface area contributed by atoms with Crippen molar-refractivity contribution in [3.63, 3.8) is 0 Å². The van der Waals surface area contributed by atoms with Gasteiger partial charge in [0.15, 0.2) is 11.6 Å².